The minimum absolute atomic E-state index is 0.0488. The Balaban J connectivity index is 1.36. The highest BCUT2D eigenvalue weighted by molar-refractivity contribution is 6.05. The number of hydrogen-bond donors (Lipinski definition) is 0. The fraction of sp³-hybridized carbons (Fsp3) is 0.514. The van der Waals surface area contributed by atoms with Crippen molar-refractivity contribution in [2.24, 2.45) is 23.7 Å². The van der Waals surface area contributed by atoms with Crippen LogP contribution in [-0.2, 0) is 4.74 Å². The van der Waals surface area contributed by atoms with Gasteiger partial charge in [-0.25, -0.2) is 0 Å². The Hall–Kier alpha value is -3.38. The van der Waals surface area contributed by atoms with Gasteiger partial charge >= 0.3 is 0 Å². The predicted octanol–water partition coefficient (Wildman–Crippen LogP) is 8.56. The van der Waals surface area contributed by atoms with E-state index in [0.717, 1.165) is 47.6 Å². The summed E-state index contributed by atoms with van der Waals surface area (Å²) in [6, 6.07) is 13.0. The largest absolute Gasteiger partial charge is 0.493 e. The molecule has 0 aromatic heterocycles. The summed E-state index contributed by atoms with van der Waals surface area (Å²) in [7, 11) is 7.63. The summed E-state index contributed by atoms with van der Waals surface area (Å²) >= 11 is 0. The van der Waals surface area contributed by atoms with E-state index in [1.807, 2.05) is 13.2 Å². The van der Waals surface area contributed by atoms with Gasteiger partial charge in [0.15, 0.2) is 23.0 Å². The summed E-state index contributed by atoms with van der Waals surface area (Å²) in [6.07, 6.45) is 8.23. The van der Waals surface area contributed by atoms with Crippen molar-refractivity contribution in [2.75, 3.05) is 40.1 Å². The first-order valence-corrected chi connectivity index (χ1v) is 15.9. The molecule has 0 saturated heterocycles. The average molecular weight is 584 g/mol. The zero-order valence-electron chi connectivity index (χ0n) is 26.7. The van der Waals surface area contributed by atoms with E-state index in [4.69, 9.17) is 23.7 Å². The lowest BCUT2D eigenvalue weighted by molar-refractivity contribution is -0.108. The molecule has 0 unspecified atom stereocenters. The Morgan fingerprint density at radius 3 is 2.47 bits per heavy atom. The molecule has 5 atom stereocenters. The van der Waals surface area contributed by atoms with Crippen LogP contribution in [0.25, 0.3) is 21.9 Å². The first-order chi connectivity index (χ1) is 20.8. The van der Waals surface area contributed by atoms with E-state index in [1.165, 1.54) is 40.6 Å². The zero-order valence-corrected chi connectivity index (χ0v) is 26.7. The van der Waals surface area contributed by atoms with Gasteiger partial charge in [0.05, 0.1) is 31.5 Å². The van der Waals surface area contributed by atoms with Crippen molar-refractivity contribution >= 4 is 16.5 Å². The third kappa shape index (κ3) is 4.39. The number of methoxy groups -OCH3 is 3. The van der Waals surface area contributed by atoms with Gasteiger partial charge in [0.1, 0.15) is 0 Å². The van der Waals surface area contributed by atoms with Gasteiger partial charge in [-0.3, -0.25) is 0 Å². The molecular formula is C37H45NO5. The lowest BCUT2D eigenvalue weighted by Crippen LogP contribution is -2.49. The molecule has 3 aromatic rings. The maximum Gasteiger partial charge on any atom is 0.231 e. The molecular weight excluding hydrogens is 538 g/mol. The van der Waals surface area contributed by atoms with Crippen molar-refractivity contribution in [1.82, 2.24) is 0 Å². The smallest absolute Gasteiger partial charge is 0.231 e. The van der Waals surface area contributed by atoms with E-state index in [0.29, 0.717) is 23.7 Å². The lowest BCUT2D eigenvalue weighted by Gasteiger charge is -2.51. The number of anilines is 1. The van der Waals surface area contributed by atoms with E-state index in [-0.39, 0.29) is 18.4 Å². The second-order valence-corrected chi connectivity index (χ2v) is 13.5. The van der Waals surface area contributed by atoms with Crippen LogP contribution >= 0.6 is 0 Å². The standard InChI is InChI=1S/C37H45NO5/c1-21(2)24-14-15-37(3,41-7)29-12-8-22(16-28(24)29)17-30-34-25(11-13-31(39-5)36(34)40-6)26-10-9-23-18-32-33(43-20-42-32)19-27(23)35(26)38(30)4/h9-11,13,16,18-19,21,24,28-30H,8,12,14-15,17,20H2,1-7H3/t24-,28-,29+,30-,37-/m1/s1. The zero-order chi connectivity index (χ0) is 30.0. The van der Waals surface area contributed by atoms with Crippen molar-refractivity contribution in [2.45, 2.75) is 64.5 Å². The van der Waals surface area contributed by atoms with E-state index in [9.17, 15) is 0 Å². The number of benzene rings is 3. The fourth-order valence-corrected chi connectivity index (χ4v) is 8.82. The molecule has 6 nitrogen and oxygen atoms in total. The first kappa shape index (κ1) is 28.4. The summed E-state index contributed by atoms with van der Waals surface area (Å²) < 4.78 is 29.7. The quantitative estimate of drug-likeness (QED) is 0.271. The van der Waals surface area contributed by atoms with Gasteiger partial charge in [0.2, 0.25) is 6.79 Å². The van der Waals surface area contributed by atoms with Gasteiger partial charge in [0, 0.05) is 30.7 Å². The Morgan fingerprint density at radius 2 is 1.74 bits per heavy atom. The van der Waals surface area contributed by atoms with Crippen LogP contribution in [-0.4, -0.2) is 40.8 Å². The van der Waals surface area contributed by atoms with Crippen LogP contribution in [0.5, 0.6) is 23.0 Å². The van der Waals surface area contributed by atoms with Crippen LogP contribution in [0.2, 0.25) is 0 Å². The third-order valence-corrected chi connectivity index (χ3v) is 11.2. The molecule has 7 rings (SSSR count). The maximum atomic E-state index is 6.21. The minimum Gasteiger partial charge on any atom is -0.493 e. The third-order valence-electron chi connectivity index (χ3n) is 11.2. The SMILES string of the molecule is COc1ccc2c(c1OC)[C@@H](CC1=C[C@@H]3[C@@H](C(C)C)CC[C@@](C)(OC)[C@H]3CC1)N(C)c1c-2ccc2cc3c(cc12)OCO3. The van der Waals surface area contributed by atoms with E-state index in [1.54, 1.807) is 19.8 Å². The summed E-state index contributed by atoms with van der Waals surface area (Å²) in [6.45, 7) is 7.40. The molecule has 0 radical (unpaired) electrons. The molecule has 2 aliphatic carbocycles. The maximum absolute atomic E-state index is 6.21. The number of ether oxygens (including phenoxy) is 5. The summed E-state index contributed by atoms with van der Waals surface area (Å²) in [5.74, 6) is 5.65. The monoisotopic (exact) mass is 583 g/mol. The Bertz CT molecular complexity index is 1590. The second kappa shape index (κ2) is 10.7. The number of nitrogens with zero attached hydrogens (tertiary/aromatic N) is 1. The van der Waals surface area contributed by atoms with Crippen molar-refractivity contribution in [1.29, 1.82) is 0 Å². The normalized spacial score (nSPS) is 27.4. The van der Waals surface area contributed by atoms with E-state index >= 15 is 0 Å². The van der Waals surface area contributed by atoms with Crippen LogP contribution < -0.4 is 23.8 Å². The van der Waals surface area contributed by atoms with Gasteiger partial charge in [0.25, 0.3) is 0 Å². The molecule has 1 fully saturated rings. The van der Waals surface area contributed by atoms with Gasteiger partial charge in [-0.05, 0) is 97.9 Å². The molecule has 0 amide bonds. The molecule has 0 N–H and O–H groups in total. The molecule has 3 aromatic carbocycles. The number of rotatable bonds is 6. The molecule has 43 heavy (non-hydrogen) atoms. The fourth-order valence-electron chi connectivity index (χ4n) is 8.82. The molecule has 2 aliphatic heterocycles. The molecule has 2 heterocycles. The summed E-state index contributed by atoms with van der Waals surface area (Å²) in [5, 5.41) is 2.33. The average Bonchev–Trinajstić information content (AvgIpc) is 3.48. The Kier molecular flexibility index (Phi) is 7.04. The van der Waals surface area contributed by atoms with Crippen molar-refractivity contribution in [3.8, 4) is 34.1 Å². The van der Waals surface area contributed by atoms with Gasteiger partial charge in [-0.15, -0.1) is 0 Å². The van der Waals surface area contributed by atoms with Crippen LogP contribution in [0.3, 0.4) is 0 Å². The van der Waals surface area contributed by atoms with Gasteiger partial charge < -0.3 is 28.6 Å². The number of allylic oxidation sites excluding steroid dienone is 1. The molecule has 228 valence electrons. The predicted molar refractivity (Wildman–Crippen MR) is 172 cm³/mol. The van der Waals surface area contributed by atoms with E-state index < -0.39 is 0 Å². The van der Waals surface area contributed by atoms with Gasteiger partial charge in [-0.1, -0.05) is 37.6 Å². The molecule has 1 saturated carbocycles. The van der Waals surface area contributed by atoms with Crippen LogP contribution in [0.1, 0.15) is 64.5 Å². The Labute approximate surface area is 255 Å². The highest BCUT2D eigenvalue weighted by Crippen LogP contribution is 2.57. The van der Waals surface area contributed by atoms with E-state index in [2.05, 4.69) is 69.1 Å². The highest BCUT2D eigenvalue weighted by atomic mass is 16.7. The minimum atomic E-state index is -0.0488. The summed E-state index contributed by atoms with van der Waals surface area (Å²) in [4.78, 5) is 2.47. The van der Waals surface area contributed by atoms with Crippen molar-refractivity contribution in [3.63, 3.8) is 0 Å². The number of fused-ring (bicyclic) bond motifs is 7. The molecule has 0 bridgehead atoms. The number of hydrogen-bond acceptors (Lipinski definition) is 6. The summed E-state index contributed by atoms with van der Waals surface area (Å²) in [5.41, 5.74) is 6.31. The molecule has 0 spiro atoms. The van der Waals surface area contributed by atoms with Crippen LogP contribution in [0.15, 0.2) is 48.0 Å². The van der Waals surface area contributed by atoms with Gasteiger partial charge in [-0.2, -0.15) is 0 Å². The van der Waals surface area contributed by atoms with Crippen molar-refractivity contribution in [3.05, 3.63) is 53.6 Å². The topological polar surface area (TPSA) is 49.4 Å². The second-order valence-electron chi connectivity index (χ2n) is 13.5. The van der Waals surface area contributed by atoms with Crippen molar-refractivity contribution < 1.29 is 23.7 Å². The first-order valence-electron chi connectivity index (χ1n) is 15.9. The molecule has 4 aliphatic rings. The highest BCUT2D eigenvalue weighted by Gasteiger charge is 2.48. The molecule has 6 heteroatoms. The lowest BCUT2D eigenvalue weighted by atomic mass is 9.58. The van der Waals surface area contributed by atoms with Crippen LogP contribution in [0, 0.1) is 23.7 Å². The Morgan fingerprint density at radius 1 is 0.977 bits per heavy atom. The van der Waals surface area contributed by atoms with Crippen LogP contribution in [0.4, 0.5) is 5.69 Å².